The Hall–Kier alpha value is -1.35. The van der Waals surface area contributed by atoms with Crippen LogP contribution in [-0.2, 0) is 6.54 Å². The maximum atomic E-state index is 4.61. The van der Waals surface area contributed by atoms with Crippen LogP contribution in [0.5, 0.6) is 0 Å². The summed E-state index contributed by atoms with van der Waals surface area (Å²) in [5.41, 5.74) is 3.39. The average molecular weight is 217 g/mol. The Balaban J connectivity index is 2.11. The highest BCUT2D eigenvalue weighted by atomic mass is 15.0. The molecule has 3 nitrogen and oxygen atoms in total. The summed E-state index contributed by atoms with van der Waals surface area (Å²) in [6.07, 6.45) is 4.14. The van der Waals surface area contributed by atoms with Gasteiger partial charge in [-0.05, 0) is 31.0 Å². The van der Waals surface area contributed by atoms with Crippen LogP contribution in [-0.4, -0.2) is 15.9 Å². The number of aryl methyl sites for hydroxylation is 1. The van der Waals surface area contributed by atoms with Gasteiger partial charge in [0.1, 0.15) is 5.65 Å². The maximum Gasteiger partial charge on any atom is 0.139 e. The molecular formula is C13H19N3. The lowest BCUT2D eigenvalue weighted by atomic mass is 10.2. The molecule has 0 saturated heterocycles. The van der Waals surface area contributed by atoms with Gasteiger partial charge in [-0.2, -0.15) is 0 Å². The summed E-state index contributed by atoms with van der Waals surface area (Å²) < 4.78 is 2.09. The van der Waals surface area contributed by atoms with E-state index in [4.69, 9.17) is 0 Å². The zero-order valence-electron chi connectivity index (χ0n) is 10.2. The highest BCUT2D eigenvalue weighted by Gasteiger charge is 2.03. The smallest absolute Gasteiger partial charge is 0.139 e. The lowest BCUT2D eigenvalue weighted by Crippen LogP contribution is -2.19. The molecule has 0 aliphatic rings. The van der Waals surface area contributed by atoms with Crippen LogP contribution in [0.1, 0.15) is 25.1 Å². The van der Waals surface area contributed by atoms with Gasteiger partial charge in [-0.1, -0.05) is 19.9 Å². The van der Waals surface area contributed by atoms with Crippen LogP contribution >= 0.6 is 0 Å². The van der Waals surface area contributed by atoms with Crippen LogP contribution in [0.4, 0.5) is 0 Å². The second-order valence-corrected chi connectivity index (χ2v) is 4.68. The number of pyridine rings is 1. The summed E-state index contributed by atoms with van der Waals surface area (Å²) in [6.45, 7) is 8.39. The second kappa shape index (κ2) is 4.66. The zero-order chi connectivity index (χ0) is 11.5. The van der Waals surface area contributed by atoms with E-state index in [0.29, 0.717) is 5.92 Å². The van der Waals surface area contributed by atoms with Gasteiger partial charge in [-0.15, -0.1) is 0 Å². The number of hydrogen-bond donors (Lipinski definition) is 1. The van der Waals surface area contributed by atoms with Crippen molar-refractivity contribution in [2.24, 2.45) is 5.92 Å². The lowest BCUT2D eigenvalue weighted by Gasteiger charge is -2.04. The van der Waals surface area contributed by atoms with Crippen LogP contribution in [0, 0.1) is 12.8 Å². The molecule has 16 heavy (non-hydrogen) atoms. The zero-order valence-corrected chi connectivity index (χ0v) is 10.2. The van der Waals surface area contributed by atoms with Crippen molar-refractivity contribution in [1.29, 1.82) is 0 Å². The van der Waals surface area contributed by atoms with E-state index in [2.05, 4.69) is 53.8 Å². The van der Waals surface area contributed by atoms with Gasteiger partial charge in [0, 0.05) is 18.9 Å². The van der Waals surface area contributed by atoms with Crippen LogP contribution in [0.15, 0.2) is 24.5 Å². The first-order valence-electron chi connectivity index (χ1n) is 5.80. The fourth-order valence-electron chi connectivity index (χ4n) is 1.78. The predicted molar refractivity (Wildman–Crippen MR) is 66.5 cm³/mol. The molecule has 2 heterocycles. The molecule has 2 aromatic heterocycles. The van der Waals surface area contributed by atoms with E-state index >= 15 is 0 Å². The molecule has 3 heteroatoms. The molecule has 0 unspecified atom stereocenters. The molecule has 86 valence electrons. The Morgan fingerprint density at radius 3 is 2.94 bits per heavy atom. The summed E-state index contributed by atoms with van der Waals surface area (Å²) >= 11 is 0. The van der Waals surface area contributed by atoms with Crippen molar-refractivity contribution in [2.75, 3.05) is 6.54 Å². The van der Waals surface area contributed by atoms with Gasteiger partial charge >= 0.3 is 0 Å². The number of nitrogens with one attached hydrogen (secondary N) is 1. The van der Waals surface area contributed by atoms with Gasteiger partial charge in [-0.25, -0.2) is 4.98 Å². The van der Waals surface area contributed by atoms with E-state index in [1.165, 1.54) is 5.56 Å². The molecule has 0 spiro atoms. The quantitative estimate of drug-likeness (QED) is 0.852. The van der Waals surface area contributed by atoms with Crippen molar-refractivity contribution in [2.45, 2.75) is 27.3 Å². The van der Waals surface area contributed by atoms with Crippen molar-refractivity contribution in [3.05, 3.63) is 35.8 Å². The SMILES string of the molecule is Cc1cccn2cc(CNCC(C)C)nc12. The molecule has 0 bridgehead atoms. The van der Waals surface area contributed by atoms with Gasteiger partial charge in [-0.3, -0.25) is 0 Å². The Bertz CT molecular complexity index is 471. The summed E-state index contributed by atoms with van der Waals surface area (Å²) in [4.78, 5) is 4.61. The lowest BCUT2D eigenvalue weighted by molar-refractivity contribution is 0.549. The van der Waals surface area contributed by atoms with Gasteiger partial charge in [0.25, 0.3) is 0 Å². The largest absolute Gasteiger partial charge is 0.311 e. The Labute approximate surface area is 96.5 Å². The number of nitrogens with zero attached hydrogens (tertiary/aromatic N) is 2. The highest BCUT2D eigenvalue weighted by Crippen LogP contribution is 2.09. The molecule has 0 aliphatic heterocycles. The minimum absolute atomic E-state index is 0.679. The third-order valence-corrected chi connectivity index (χ3v) is 2.59. The van der Waals surface area contributed by atoms with Crippen LogP contribution in [0.25, 0.3) is 5.65 Å². The molecule has 1 N–H and O–H groups in total. The summed E-state index contributed by atoms with van der Waals surface area (Å²) in [7, 11) is 0. The standard InChI is InChI=1S/C13H19N3/c1-10(2)7-14-8-12-9-16-6-4-5-11(3)13(16)15-12/h4-6,9-10,14H,7-8H2,1-3H3. The van der Waals surface area contributed by atoms with Crippen molar-refractivity contribution < 1.29 is 0 Å². The van der Waals surface area contributed by atoms with E-state index in [1.54, 1.807) is 0 Å². The molecular weight excluding hydrogens is 198 g/mol. The number of aromatic nitrogens is 2. The summed E-state index contributed by atoms with van der Waals surface area (Å²) in [5.74, 6) is 0.679. The first kappa shape index (κ1) is 11.1. The van der Waals surface area contributed by atoms with E-state index in [0.717, 1.165) is 24.4 Å². The van der Waals surface area contributed by atoms with E-state index in [1.807, 2.05) is 6.20 Å². The first-order valence-corrected chi connectivity index (χ1v) is 5.80. The first-order chi connectivity index (χ1) is 7.66. The topological polar surface area (TPSA) is 29.3 Å². The van der Waals surface area contributed by atoms with Crippen molar-refractivity contribution >= 4 is 5.65 Å². The van der Waals surface area contributed by atoms with E-state index < -0.39 is 0 Å². The minimum atomic E-state index is 0.679. The average Bonchev–Trinajstić information content (AvgIpc) is 2.61. The second-order valence-electron chi connectivity index (χ2n) is 4.68. The molecule has 2 aromatic rings. The summed E-state index contributed by atoms with van der Waals surface area (Å²) in [5, 5.41) is 3.41. The Kier molecular flexibility index (Phi) is 3.25. The molecule has 2 rings (SSSR count). The van der Waals surface area contributed by atoms with Crippen LogP contribution in [0.2, 0.25) is 0 Å². The third-order valence-electron chi connectivity index (χ3n) is 2.59. The predicted octanol–water partition coefficient (Wildman–Crippen LogP) is 2.39. The number of imidazole rings is 1. The number of rotatable bonds is 4. The van der Waals surface area contributed by atoms with Crippen LogP contribution in [0.3, 0.4) is 0 Å². The van der Waals surface area contributed by atoms with Crippen molar-refractivity contribution in [3.8, 4) is 0 Å². The van der Waals surface area contributed by atoms with Gasteiger partial charge < -0.3 is 9.72 Å². The number of fused-ring (bicyclic) bond motifs is 1. The molecule has 0 amide bonds. The monoisotopic (exact) mass is 217 g/mol. The number of hydrogen-bond acceptors (Lipinski definition) is 2. The molecule has 0 fully saturated rings. The molecule has 0 aromatic carbocycles. The van der Waals surface area contributed by atoms with Crippen molar-refractivity contribution in [1.82, 2.24) is 14.7 Å². The van der Waals surface area contributed by atoms with Gasteiger partial charge in [0.2, 0.25) is 0 Å². The third kappa shape index (κ3) is 2.42. The Morgan fingerprint density at radius 2 is 2.25 bits per heavy atom. The molecule has 0 aliphatic carbocycles. The fraction of sp³-hybridized carbons (Fsp3) is 0.462. The minimum Gasteiger partial charge on any atom is -0.311 e. The van der Waals surface area contributed by atoms with E-state index in [9.17, 15) is 0 Å². The van der Waals surface area contributed by atoms with Gasteiger partial charge in [0.05, 0.1) is 5.69 Å². The maximum absolute atomic E-state index is 4.61. The van der Waals surface area contributed by atoms with Crippen molar-refractivity contribution in [3.63, 3.8) is 0 Å². The fourth-order valence-corrected chi connectivity index (χ4v) is 1.78. The molecule has 0 saturated carbocycles. The normalized spacial score (nSPS) is 11.5. The van der Waals surface area contributed by atoms with Crippen LogP contribution < -0.4 is 5.32 Å². The molecule has 0 atom stereocenters. The summed E-state index contributed by atoms with van der Waals surface area (Å²) in [6, 6.07) is 4.14. The Morgan fingerprint density at radius 1 is 1.44 bits per heavy atom. The van der Waals surface area contributed by atoms with Gasteiger partial charge in [0.15, 0.2) is 0 Å². The highest BCUT2D eigenvalue weighted by molar-refractivity contribution is 5.47. The van der Waals surface area contributed by atoms with E-state index in [-0.39, 0.29) is 0 Å². The molecule has 0 radical (unpaired) electrons.